The summed E-state index contributed by atoms with van der Waals surface area (Å²) in [7, 11) is 3.44. The van der Waals surface area contributed by atoms with Crippen LogP contribution in [0.25, 0.3) is 11.1 Å². The molecule has 28 heavy (non-hydrogen) atoms. The minimum Gasteiger partial charge on any atom is -0.497 e. The Balaban J connectivity index is 1.72. The highest BCUT2D eigenvalue weighted by molar-refractivity contribution is 5.94. The second kappa shape index (κ2) is 8.71. The number of nitrogens with zero attached hydrogens (tertiary/aromatic N) is 3. The highest BCUT2D eigenvalue weighted by atomic mass is 16.5. The lowest BCUT2D eigenvalue weighted by Crippen LogP contribution is -2.29. The van der Waals surface area contributed by atoms with Crippen LogP contribution in [0.3, 0.4) is 0 Å². The Kier molecular flexibility index (Phi) is 6.11. The van der Waals surface area contributed by atoms with Crippen LogP contribution in [0.4, 0.5) is 0 Å². The summed E-state index contributed by atoms with van der Waals surface area (Å²) in [5, 5.41) is 13.2. The zero-order valence-electron chi connectivity index (χ0n) is 16.4. The normalized spacial score (nSPS) is 11.9. The average molecular weight is 379 g/mol. The van der Waals surface area contributed by atoms with E-state index in [1.54, 1.807) is 22.9 Å². The van der Waals surface area contributed by atoms with E-state index in [0.29, 0.717) is 12.1 Å². The van der Waals surface area contributed by atoms with Gasteiger partial charge in [0.15, 0.2) is 0 Å². The molecule has 1 atom stereocenters. The van der Waals surface area contributed by atoms with Crippen molar-refractivity contribution in [2.24, 2.45) is 0 Å². The molecule has 1 aromatic heterocycles. The topological polar surface area (TPSA) is 67.6 Å². The van der Waals surface area contributed by atoms with Crippen LogP contribution in [-0.2, 0) is 6.54 Å². The van der Waals surface area contributed by atoms with Crippen LogP contribution in [-0.4, -0.2) is 46.5 Å². The van der Waals surface area contributed by atoms with Crippen molar-refractivity contribution < 1.29 is 14.6 Å². The van der Waals surface area contributed by atoms with Gasteiger partial charge in [-0.1, -0.05) is 24.3 Å². The van der Waals surface area contributed by atoms with Crippen LogP contribution in [0.2, 0.25) is 0 Å². The highest BCUT2D eigenvalue weighted by Crippen LogP contribution is 2.24. The second-order valence-corrected chi connectivity index (χ2v) is 6.66. The van der Waals surface area contributed by atoms with E-state index in [1.165, 1.54) is 0 Å². The van der Waals surface area contributed by atoms with E-state index >= 15 is 0 Å². The molecule has 6 heteroatoms. The van der Waals surface area contributed by atoms with Crippen molar-refractivity contribution in [1.29, 1.82) is 0 Å². The largest absolute Gasteiger partial charge is 0.497 e. The molecule has 0 aliphatic rings. The summed E-state index contributed by atoms with van der Waals surface area (Å²) in [6, 6.07) is 15.2. The summed E-state index contributed by atoms with van der Waals surface area (Å²) < 4.78 is 6.88. The van der Waals surface area contributed by atoms with Gasteiger partial charge in [-0.05, 0) is 42.3 Å². The van der Waals surface area contributed by atoms with Crippen LogP contribution in [0, 0.1) is 0 Å². The molecule has 0 saturated heterocycles. The van der Waals surface area contributed by atoms with Gasteiger partial charge in [-0.25, -0.2) is 0 Å². The molecule has 0 radical (unpaired) electrons. The molecule has 0 aliphatic heterocycles. The minimum absolute atomic E-state index is 0.0363. The van der Waals surface area contributed by atoms with Gasteiger partial charge in [0.05, 0.1) is 32.5 Å². The number of hydrogen-bond acceptors (Lipinski definition) is 4. The molecule has 146 valence electrons. The molecular weight excluding hydrogens is 354 g/mol. The molecule has 6 nitrogen and oxygen atoms in total. The van der Waals surface area contributed by atoms with Gasteiger partial charge in [0, 0.05) is 24.4 Å². The van der Waals surface area contributed by atoms with Crippen LogP contribution in [0.1, 0.15) is 28.9 Å². The van der Waals surface area contributed by atoms with Crippen LogP contribution < -0.4 is 4.74 Å². The molecule has 0 spiro atoms. The van der Waals surface area contributed by atoms with Crippen LogP contribution in [0.15, 0.2) is 60.9 Å². The van der Waals surface area contributed by atoms with Crippen molar-refractivity contribution in [3.05, 3.63) is 72.1 Å². The maximum Gasteiger partial charge on any atom is 0.254 e. The Morgan fingerprint density at radius 3 is 2.43 bits per heavy atom. The predicted molar refractivity (Wildman–Crippen MR) is 108 cm³/mol. The second-order valence-electron chi connectivity index (χ2n) is 6.66. The van der Waals surface area contributed by atoms with E-state index in [2.05, 4.69) is 5.10 Å². The van der Waals surface area contributed by atoms with Crippen molar-refractivity contribution in [2.75, 3.05) is 20.8 Å². The monoisotopic (exact) mass is 379 g/mol. The van der Waals surface area contributed by atoms with E-state index in [9.17, 15) is 4.79 Å². The molecule has 3 rings (SSSR count). The van der Waals surface area contributed by atoms with Crippen molar-refractivity contribution >= 4 is 5.91 Å². The first-order chi connectivity index (χ1) is 13.5. The summed E-state index contributed by atoms with van der Waals surface area (Å²) in [6.45, 7) is 2.52. The van der Waals surface area contributed by atoms with Gasteiger partial charge < -0.3 is 14.7 Å². The summed E-state index contributed by atoms with van der Waals surface area (Å²) in [5.74, 6) is 0.758. The Hall–Kier alpha value is -3.12. The molecule has 0 bridgehead atoms. The fraction of sp³-hybridized carbons (Fsp3) is 0.273. The number of carbonyl (C=O) groups excluding carboxylic acids is 1. The molecule has 3 aromatic rings. The molecule has 0 saturated carbocycles. The maximum atomic E-state index is 12.9. The number of benzene rings is 2. The number of ether oxygens (including phenoxy) is 1. The first-order valence-electron chi connectivity index (χ1n) is 9.18. The van der Waals surface area contributed by atoms with Gasteiger partial charge >= 0.3 is 0 Å². The number of aromatic nitrogens is 2. The lowest BCUT2D eigenvalue weighted by Gasteiger charge is -2.25. The van der Waals surface area contributed by atoms with Crippen LogP contribution >= 0.6 is 0 Å². The molecule has 1 heterocycles. The maximum absolute atomic E-state index is 12.9. The van der Waals surface area contributed by atoms with E-state index in [1.807, 2.05) is 68.7 Å². The molecular formula is C22H25N3O3. The van der Waals surface area contributed by atoms with E-state index < -0.39 is 0 Å². The number of amides is 1. The van der Waals surface area contributed by atoms with E-state index in [-0.39, 0.29) is 18.6 Å². The molecule has 2 aromatic carbocycles. The SMILES string of the molecule is COc1ccc([C@@H](C)N(C)C(=O)c2ccc(-c3cnn(CCO)c3)cc2)cc1. The smallest absolute Gasteiger partial charge is 0.254 e. The first kappa shape index (κ1) is 19.6. The number of rotatable bonds is 7. The Morgan fingerprint density at radius 2 is 1.82 bits per heavy atom. The zero-order chi connectivity index (χ0) is 20.1. The summed E-state index contributed by atoms with van der Waals surface area (Å²) >= 11 is 0. The molecule has 0 unspecified atom stereocenters. The summed E-state index contributed by atoms with van der Waals surface area (Å²) in [4.78, 5) is 14.6. The minimum atomic E-state index is -0.0604. The van der Waals surface area contributed by atoms with E-state index in [0.717, 1.165) is 22.4 Å². The van der Waals surface area contributed by atoms with Crippen molar-refractivity contribution in [3.8, 4) is 16.9 Å². The number of carbonyl (C=O) groups is 1. The van der Waals surface area contributed by atoms with Gasteiger partial charge in [0.25, 0.3) is 5.91 Å². The quantitative estimate of drug-likeness (QED) is 0.683. The average Bonchev–Trinajstić information content (AvgIpc) is 3.21. The lowest BCUT2D eigenvalue weighted by atomic mass is 10.0. The summed E-state index contributed by atoms with van der Waals surface area (Å²) in [6.07, 6.45) is 3.63. The standard InChI is InChI=1S/C22H25N3O3/c1-16(17-8-10-21(28-3)11-9-17)24(2)22(27)19-6-4-18(5-7-19)20-14-23-25(15-20)12-13-26/h4-11,14-16,26H,12-13H2,1-3H3/t16-/m1/s1. The van der Waals surface area contributed by atoms with Gasteiger partial charge in [-0.3, -0.25) is 9.48 Å². The third-order valence-corrected chi connectivity index (χ3v) is 4.93. The van der Waals surface area contributed by atoms with Crippen LogP contribution in [0.5, 0.6) is 5.75 Å². The van der Waals surface area contributed by atoms with Crippen molar-refractivity contribution in [2.45, 2.75) is 19.5 Å². The van der Waals surface area contributed by atoms with Gasteiger partial charge in [0.1, 0.15) is 5.75 Å². The highest BCUT2D eigenvalue weighted by Gasteiger charge is 2.19. The Morgan fingerprint density at radius 1 is 1.14 bits per heavy atom. The number of hydrogen-bond donors (Lipinski definition) is 1. The fourth-order valence-electron chi connectivity index (χ4n) is 3.03. The zero-order valence-corrected chi connectivity index (χ0v) is 16.4. The molecule has 0 aliphatic carbocycles. The third-order valence-electron chi connectivity index (χ3n) is 4.93. The number of methoxy groups -OCH3 is 1. The summed E-state index contributed by atoms with van der Waals surface area (Å²) in [5.41, 5.74) is 3.61. The van der Waals surface area contributed by atoms with Gasteiger partial charge in [-0.15, -0.1) is 0 Å². The molecule has 1 amide bonds. The van der Waals surface area contributed by atoms with E-state index in [4.69, 9.17) is 9.84 Å². The Labute approximate surface area is 165 Å². The van der Waals surface area contributed by atoms with Crippen molar-refractivity contribution in [3.63, 3.8) is 0 Å². The fourth-order valence-corrected chi connectivity index (χ4v) is 3.03. The third kappa shape index (κ3) is 4.23. The number of aliphatic hydroxyl groups is 1. The first-order valence-corrected chi connectivity index (χ1v) is 9.18. The lowest BCUT2D eigenvalue weighted by molar-refractivity contribution is 0.0742. The van der Waals surface area contributed by atoms with Gasteiger partial charge in [0.2, 0.25) is 0 Å². The predicted octanol–water partition coefficient (Wildman–Crippen LogP) is 3.38. The van der Waals surface area contributed by atoms with Crippen molar-refractivity contribution in [1.82, 2.24) is 14.7 Å². The molecule has 1 N–H and O–H groups in total. The van der Waals surface area contributed by atoms with Gasteiger partial charge in [-0.2, -0.15) is 5.10 Å². The Bertz CT molecular complexity index is 917. The number of aliphatic hydroxyl groups excluding tert-OH is 1. The molecule has 0 fully saturated rings.